The first-order valence-corrected chi connectivity index (χ1v) is 9.68. The largest absolute Gasteiger partial charge is 0.379 e. The molecule has 136 valence electrons. The Kier molecular flexibility index (Phi) is 7.84. The van der Waals surface area contributed by atoms with E-state index in [1.165, 1.54) is 24.6 Å². The molecule has 2 aliphatic rings. The van der Waals surface area contributed by atoms with E-state index in [2.05, 4.69) is 10.6 Å². The van der Waals surface area contributed by atoms with Gasteiger partial charge < -0.3 is 20.3 Å². The molecule has 0 unspecified atom stereocenters. The van der Waals surface area contributed by atoms with Gasteiger partial charge in [-0.2, -0.15) is 0 Å². The molecular formula is C16H27N3O4S. The molecule has 1 heterocycles. The van der Waals surface area contributed by atoms with Crippen LogP contribution in [0.4, 0.5) is 0 Å². The Hall–Kier alpha value is -1.28. The quantitative estimate of drug-likeness (QED) is 0.613. The van der Waals surface area contributed by atoms with E-state index in [1.54, 1.807) is 12.0 Å². The van der Waals surface area contributed by atoms with Gasteiger partial charge in [-0.3, -0.25) is 14.4 Å². The average Bonchev–Trinajstić information content (AvgIpc) is 3.17. The monoisotopic (exact) mass is 357 g/mol. The Morgan fingerprint density at radius 2 is 1.96 bits per heavy atom. The Bertz CT molecular complexity index is 455. The van der Waals surface area contributed by atoms with Crippen molar-refractivity contribution >= 4 is 29.5 Å². The van der Waals surface area contributed by atoms with E-state index in [-0.39, 0.29) is 29.6 Å². The van der Waals surface area contributed by atoms with Crippen molar-refractivity contribution in [3.8, 4) is 0 Å². The molecule has 1 aliphatic carbocycles. The van der Waals surface area contributed by atoms with Gasteiger partial charge in [0.25, 0.3) is 0 Å². The second kappa shape index (κ2) is 9.88. The van der Waals surface area contributed by atoms with Crippen molar-refractivity contribution in [2.75, 3.05) is 38.2 Å². The van der Waals surface area contributed by atoms with Crippen LogP contribution in [-0.4, -0.2) is 73.0 Å². The Labute approximate surface area is 147 Å². The molecule has 0 bridgehead atoms. The van der Waals surface area contributed by atoms with Crippen LogP contribution in [0.25, 0.3) is 0 Å². The number of carbonyl (C=O) groups is 3. The minimum Gasteiger partial charge on any atom is -0.379 e. The van der Waals surface area contributed by atoms with E-state index in [0.717, 1.165) is 12.8 Å². The number of thioether (sulfide) groups is 1. The fraction of sp³-hybridized carbons (Fsp3) is 0.812. The summed E-state index contributed by atoms with van der Waals surface area (Å²) in [7, 11) is 1.60. The molecule has 1 saturated heterocycles. The highest BCUT2D eigenvalue weighted by Gasteiger charge is 2.28. The zero-order chi connectivity index (χ0) is 17.4. The van der Waals surface area contributed by atoms with Crippen molar-refractivity contribution in [2.45, 2.75) is 44.2 Å². The Balaban J connectivity index is 1.50. The minimum absolute atomic E-state index is 0.00738. The van der Waals surface area contributed by atoms with Crippen LogP contribution in [0.3, 0.4) is 0 Å². The SMILES string of the molecule is CO[C@H]1CC(=O)N(CCNC(=O)CSCC(=O)NC2CCCC2)C1. The number of methoxy groups -OCH3 is 1. The molecule has 2 fully saturated rings. The molecule has 8 heteroatoms. The second-order valence-electron chi connectivity index (χ2n) is 6.29. The van der Waals surface area contributed by atoms with Crippen molar-refractivity contribution in [3.05, 3.63) is 0 Å². The Morgan fingerprint density at radius 1 is 1.25 bits per heavy atom. The van der Waals surface area contributed by atoms with Crippen molar-refractivity contribution in [1.29, 1.82) is 0 Å². The maximum atomic E-state index is 11.8. The third kappa shape index (κ3) is 6.32. The molecule has 7 nitrogen and oxygen atoms in total. The first kappa shape index (κ1) is 19.1. The number of nitrogens with zero attached hydrogens (tertiary/aromatic N) is 1. The normalized spacial score (nSPS) is 21.3. The van der Waals surface area contributed by atoms with Gasteiger partial charge >= 0.3 is 0 Å². The number of rotatable bonds is 9. The average molecular weight is 357 g/mol. The number of hydrogen-bond acceptors (Lipinski definition) is 5. The zero-order valence-electron chi connectivity index (χ0n) is 14.2. The summed E-state index contributed by atoms with van der Waals surface area (Å²) in [6.07, 6.45) is 4.88. The maximum absolute atomic E-state index is 11.8. The van der Waals surface area contributed by atoms with Crippen molar-refractivity contribution in [2.24, 2.45) is 0 Å². The molecule has 1 atom stereocenters. The van der Waals surface area contributed by atoms with Gasteiger partial charge in [-0.05, 0) is 12.8 Å². The summed E-state index contributed by atoms with van der Waals surface area (Å²) in [5, 5.41) is 5.78. The lowest BCUT2D eigenvalue weighted by Crippen LogP contribution is -2.37. The summed E-state index contributed by atoms with van der Waals surface area (Å²) >= 11 is 1.32. The number of carbonyl (C=O) groups excluding carboxylic acids is 3. The van der Waals surface area contributed by atoms with E-state index in [0.29, 0.717) is 37.8 Å². The van der Waals surface area contributed by atoms with Gasteiger partial charge in [0.15, 0.2) is 0 Å². The summed E-state index contributed by atoms with van der Waals surface area (Å²) < 4.78 is 5.17. The predicted molar refractivity (Wildman–Crippen MR) is 92.7 cm³/mol. The highest BCUT2D eigenvalue weighted by molar-refractivity contribution is 8.00. The van der Waals surface area contributed by atoms with Crippen molar-refractivity contribution < 1.29 is 19.1 Å². The summed E-state index contributed by atoms with van der Waals surface area (Å²) in [6, 6.07) is 0.320. The highest BCUT2D eigenvalue weighted by Crippen LogP contribution is 2.17. The highest BCUT2D eigenvalue weighted by atomic mass is 32.2. The molecule has 1 aliphatic heterocycles. The van der Waals surface area contributed by atoms with Gasteiger partial charge in [0, 0.05) is 32.8 Å². The van der Waals surface area contributed by atoms with Crippen LogP contribution in [0.15, 0.2) is 0 Å². The number of likely N-dealkylation sites (tertiary alicyclic amines) is 1. The molecular weight excluding hydrogens is 330 g/mol. The lowest BCUT2D eigenvalue weighted by Gasteiger charge is -2.16. The van der Waals surface area contributed by atoms with E-state index < -0.39 is 0 Å². The summed E-state index contributed by atoms with van der Waals surface area (Å²) in [5.74, 6) is 0.530. The molecule has 0 aromatic rings. The summed E-state index contributed by atoms with van der Waals surface area (Å²) in [6.45, 7) is 1.51. The first-order chi connectivity index (χ1) is 11.6. The fourth-order valence-corrected chi connectivity index (χ4v) is 3.73. The lowest BCUT2D eigenvalue weighted by atomic mass is 10.2. The first-order valence-electron chi connectivity index (χ1n) is 8.53. The van der Waals surface area contributed by atoms with Gasteiger partial charge in [0.2, 0.25) is 17.7 Å². The van der Waals surface area contributed by atoms with Gasteiger partial charge in [0.05, 0.1) is 24.0 Å². The molecule has 0 aromatic heterocycles. The van der Waals surface area contributed by atoms with Crippen LogP contribution in [-0.2, 0) is 19.1 Å². The fourth-order valence-electron chi connectivity index (χ4n) is 3.07. The predicted octanol–water partition coefficient (Wildman–Crippen LogP) is 0.142. The third-order valence-electron chi connectivity index (χ3n) is 4.40. The molecule has 0 radical (unpaired) electrons. The van der Waals surface area contributed by atoms with Crippen molar-refractivity contribution in [1.82, 2.24) is 15.5 Å². The lowest BCUT2D eigenvalue weighted by molar-refractivity contribution is -0.128. The number of ether oxygens (including phenoxy) is 1. The summed E-state index contributed by atoms with van der Waals surface area (Å²) in [5.41, 5.74) is 0. The maximum Gasteiger partial charge on any atom is 0.230 e. The minimum atomic E-state index is -0.108. The van der Waals surface area contributed by atoms with Gasteiger partial charge in [0.1, 0.15) is 0 Å². The van der Waals surface area contributed by atoms with Crippen LogP contribution in [0.1, 0.15) is 32.1 Å². The van der Waals surface area contributed by atoms with Crippen LogP contribution < -0.4 is 10.6 Å². The smallest absolute Gasteiger partial charge is 0.230 e. The van der Waals surface area contributed by atoms with E-state index in [4.69, 9.17) is 4.74 Å². The zero-order valence-corrected chi connectivity index (χ0v) is 15.0. The van der Waals surface area contributed by atoms with Crippen molar-refractivity contribution in [3.63, 3.8) is 0 Å². The summed E-state index contributed by atoms with van der Waals surface area (Å²) in [4.78, 5) is 36.9. The molecule has 2 N–H and O–H groups in total. The van der Waals surface area contributed by atoms with Gasteiger partial charge in [-0.25, -0.2) is 0 Å². The van der Waals surface area contributed by atoms with Crippen LogP contribution >= 0.6 is 11.8 Å². The molecule has 3 amide bonds. The molecule has 1 saturated carbocycles. The number of nitrogens with one attached hydrogen (secondary N) is 2. The standard InChI is InChI=1S/C16H27N3O4S/c1-23-13-8-16(22)19(9-13)7-6-17-14(20)10-24-11-15(21)18-12-4-2-3-5-12/h12-13H,2-11H2,1H3,(H,17,20)(H,18,21)/t13-/m0/s1. The van der Waals surface area contributed by atoms with Crippen LogP contribution in [0.2, 0.25) is 0 Å². The van der Waals surface area contributed by atoms with Gasteiger partial charge in [-0.15, -0.1) is 11.8 Å². The van der Waals surface area contributed by atoms with E-state index >= 15 is 0 Å². The number of hydrogen-bond donors (Lipinski definition) is 2. The molecule has 2 rings (SSSR count). The molecule has 0 spiro atoms. The third-order valence-corrected chi connectivity index (χ3v) is 5.34. The second-order valence-corrected chi connectivity index (χ2v) is 7.28. The topological polar surface area (TPSA) is 87.7 Å². The molecule has 0 aromatic carbocycles. The Morgan fingerprint density at radius 3 is 2.62 bits per heavy atom. The van der Waals surface area contributed by atoms with E-state index in [9.17, 15) is 14.4 Å². The van der Waals surface area contributed by atoms with Crippen LogP contribution in [0.5, 0.6) is 0 Å². The molecule has 24 heavy (non-hydrogen) atoms. The number of amides is 3. The van der Waals surface area contributed by atoms with Crippen LogP contribution in [0, 0.1) is 0 Å². The van der Waals surface area contributed by atoms with Gasteiger partial charge in [-0.1, -0.05) is 12.8 Å². The van der Waals surface area contributed by atoms with E-state index in [1.807, 2.05) is 0 Å².